The third-order valence-electron chi connectivity index (χ3n) is 5.88. The highest BCUT2D eigenvalue weighted by Gasteiger charge is 2.35. The van der Waals surface area contributed by atoms with Gasteiger partial charge in [-0.25, -0.2) is 15.0 Å². The molecule has 0 aromatic carbocycles. The molecule has 3 aromatic heterocycles. The molecule has 9 nitrogen and oxygen atoms in total. The van der Waals surface area contributed by atoms with Crippen LogP contribution in [0.2, 0.25) is 0 Å². The number of hydrogen-bond donors (Lipinski definition) is 2. The van der Waals surface area contributed by atoms with Gasteiger partial charge in [0.1, 0.15) is 23.8 Å². The van der Waals surface area contributed by atoms with Crippen LogP contribution in [0.3, 0.4) is 0 Å². The molecule has 1 fully saturated rings. The van der Waals surface area contributed by atoms with Crippen molar-refractivity contribution in [3.05, 3.63) is 52.2 Å². The van der Waals surface area contributed by atoms with E-state index >= 15 is 0 Å². The summed E-state index contributed by atoms with van der Waals surface area (Å²) in [5, 5.41) is 7.29. The number of nitrogen functional groups attached to an aromatic ring is 1. The summed E-state index contributed by atoms with van der Waals surface area (Å²) in [6.45, 7) is 5.42. The number of piperidine rings is 1. The summed E-state index contributed by atoms with van der Waals surface area (Å²) in [4.78, 5) is 28.0. The number of aromatic nitrogens is 6. The number of hydrogen-bond acceptors (Lipinski definition) is 7. The van der Waals surface area contributed by atoms with E-state index in [0.717, 1.165) is 61.9 Å². The average molecular weight is 392 g/mol. The molecule has 2 aliphatic rings. The van der Waals surface area contributed by atoms with Gasteiger partial charge in [0.2, 0.25) is 0 Å². The van der Waals surface area contributed by atoms with E-state index in [4.69, 9.17) is 5.73 Å². The number of aromatic amines is 1. The van der Waals surface area contributed by atoms with Crippen LogP contribution < -0.4 is 11.3 Å². The molecule has 2 bridgehead atoms. The highest BCUT2D eigenvalue weighted by molar-refractivity contribution is 5.61. The molecule has 0 radical (unpaired) electrons. The molecule has 5 heterocycles. The summed E-state index contributed by atoms with van der Waals surface area (Å²) >= 11 is 0. The molecule has 2 aliphatic heterocycles. The summed E-state index contributed by atoms with van der Waals surface area (Å²) < 4.78 is 1.94. The van der Waals surface area contributed by atoms with Gasteiger partial charge in [0.05, 0.1) is 12.2 Å². The Balaban J connectivity index is 1.44. The summed E-state index contributed by atoms with van der Waals surface area (Å²) in [5.41, 5.74) is 8.39. The number of H-pyrrole nitrogens is 1. The molecular formula is C20H24N8O. The Morgan fingerprint density at radius 2 is 2.10 bits per heavy atom. The van der Waals surface area contributed by atoms with Gasteiger partial charge < -0.3 is 10.3 Å². The van der Waals surface area contributed by atoms with Crippen molar-refractivity contribution in [2.45, 2.75) is 38.8 Å². The first-order chi connectivity index (χ1) is 14.1. The van der Waals surface area contributed by atoms with Gasteiger partial charge in [-0.05, 0) is 18.4 Å². The zero-order chi connectivity index (χ0) is 20.0. The van der Waals surface area contributed by atoms with Crippen LogP contribution in [0.1, 0.15) is 36.6 Å². The molecule has 1 saturated heterocycles. The Morgan fingerprint density at radius 1 is 1.21 bits per heavy atom. The SMILES string of the molecule is CCc1n[nH]c(CN2C[C@@H]3C[C@H](C2)c2cc(-c4cc(N)ncn4)cc(=O)n2C3)n1. The fourth-order valence-corrected chi connectivity index (χ4v) is 4.64. The summed E-state index contributed by atoms with van der Waals surface area (Å²) in [6.07, 6.45) is 3.36. The van der Waals surface area contributed by atoms with Gasteiger partial charge in [-0.15, -0.1) is 0 Å². The minimum absolute atomic E-state index is 0.0284. The van der Waals surface area contributed by atoms with E-state index < -0.39 is 0 Å². The number of anilines is 1. The summed E-state index contributed by atoms with van der Waals surface area (Å²) in [7, 11) is 0. The molecule has 0 aliphatic carbocycles. The number of nitrogens with one attached hydrogen (secondary N) is 1. The Kier molecular flexibility index (Phi) is 4.39. The second kappa shape index (κ2) is 7.07. The zero-order valence-electron chi connectivity index (χ0n) is 16.4. The van der Waals surface area contributed by atoms with Crippen molar-refractivity contribution in [1.82, 2.24) is 34.6 Å². The first kappa shape index (κ1) is 18.0. The van der Waals surface area contributed by atoms with Crippen molar-refractivity contribution in [2.75, 3.05) is 18.8 Å². The summed E-state index contributed by atoms with van der Waals surface area (Å²) in [6, 6.07) is 5.46. The molecule has 5 rings (SSSR count). The fraction of sp³-hybridized carbons (Fsp3) is 0.450. The Labute approximate surface area is 168 Å². The first-order valence-corrected chi connectivity index (χ1v) is 10.0. The van der Waals surface area contributed by atoms with E-state index in [1.165, 1.54) is 6.33 Å². The number of likely N-dealkylation sites (tertiary alicyclic amines) is 1. The number of fused-ring (bicyclic) bond motifs is 4. The highest BCUT2D eigenvalue weighted by atomic mass is 16.1. The van der Waals surface area contributed by atoms with Crippen LogP contribution in [0.15, 0.2) is 29.3 Å². The first-order valence-electron chi connectivity index (χ1n) is 10.0. The molecular weight excluding hydrogens is 368 g/mol. The number of rotatable bonds is 4. The zero-order valence-corrected chi connectivity index (χ0v) is 16.4. The van der Waals surface area contributed by atoms with Crippen molar-refractivity contribution < 1.29 is 0 Å². The minimum atomic E-state index is 0.0284. The largest absolute Gasteiger partial charge is 0.384 e. The lowest BCUT2D eigenvalue weighted by molar-refractivity contribution is 0.112. The monoisotopic (exact) mass is 392 g/mol. The normalized spacial score (nSPS) is 21.1. The van der Waals surface area contributed by atoms with Crippen molar-refractivity contribution in [1.29, 1.82) is 0 Å². The van der Waals surface area contributed by atoms with Crippen LogP contribution in [0.25, 0.3) is 11.3 Å². The fourth-order valence-electron chi connectivity index (χ4n) is 4.64. The molecule has 0 amide bonds. The summed E-state index contributed by atoms with van der Waals surface area (Å²) in [5.74, 6) is 2.93. The predicted octanol–water partition coefficient (Wildman–Crippen LogP) is 1.19. The lowest BCUT2D eigenvalue weighted by Gasteiger charge is -2.42. The van der Waals surface area contributed by atoms with Crippen molar-refractivity contribution >= 4 is 5.82 Å². The second-order valence-electron chi connectivity index (χ2n) is 7.99. The molecule has 150 valence electrons. The van der Waals surface area contributed by atoms with Gasteiger partial charge in [-0.3, -0.25) is 14.8 Å². The third kappa shape index (κ3) is 3.42. The molecule has 0 spiro atoms. The maximum Gasteiger partial charge on any atom is 0.251 e. The number of nitrogens with zero attached hydrogens (tertiary/aromatic N) is 6. The Hall–Kier alpha value is -3.07. The van der Waals surface area contributed by atoms with Gasteiger partial charge in [0.25, 0.3) is 5.56 Å². The van der Waals surface area contributed by atoms with Crippen LogP contribution in [-0.2, 0) is 19.5 Å². The van der Waals surface area contributed by atoms with Crippen LogP contribution in [-0.4, -0.2) is 47.7 Å². The van der Waals surface area contributed by atoms with E-state index in [-0.39, 0.29) is 5.56 Å². The Bertz CT molecular complexity index is 1100. The molecule has 0 unspecified atom stereocenters. The molecule has 9 heteroatoms. The predicted molar refractivity (Wildman–Crippen MR) is 108 cm³/mol. The van der Waals surface area contributed by atoms with E-state index in [1.54, 1.807) is 12.1 Å². The Morgan fingerprint density at radius 3 is 2.90 bits per heavy atom. The van der Waals surface area contributed by atoms with Crippen molar-refractivity contribution in [3.63, 3.8) is 0 Å². The number of pyridine rings is 1. The standard InChI is InChI=1S/C20H24N8O/c1-2-18-24-19(26-25-18)10-27-7-12-3-14(9-27)16-4-13(5-20(29)28(16)8-12)15-6-17(21)23-11-22-15/h4-6,11-12,14H,2-3,7-10H2,1H3,(H2,21,22,23)(H,24,25,26)/t12-,14+/m0/s1. The van der Waals surface area contributed by atoms with Crippen LogP contribution in [0.5, 0.6) is 0 Å². The maximum atomic E-state index is 12.8. The van der Waals surface area contributed by atoms with Crippen molar-refractivity contribution in [2.24, 2.45) is 5.92 Å². The molecule has 2 atom stereocenters. The van der Waals surface area contributed by atoms with E-state index in [1.807, 2.05) is 4.57 Å². The second-order valence-corrected chi connectivity index (χ2v) is 7.99. The van der Waals surface area contributed by atoms with E-state index in [0.29, 0.717) is 23.3 Å². The van der Waals surface area contributed by atoms with Crippen LogP contribution in [0.4, 0.5) is 5.82 Å². The van der Waals surface area contributed by atoms with Crippen LogP contribution in [0, 0.1) is 5.92 Å². The van der Waals surface area contributed by atoms with Gasteiger partial charge in [0.15, 0.2) is 0 Å². The van der Waals surface area contributed by atoms with Gasteiger partial charge in [0, 0.05) is 55.4 Å². The molecule has 3 aromatic rings. The maximum absolute atomic E-state index is 12.8. The smallest absolute Gasteiger partial charge is 0.251 e. The molecule has 29 heavy (non-hydrogen) atoms. The third-order valence-corrected chi connectivity index (χ3v) is 5.88. The average Bonchev–Trinajstić information content (AvgIpc) is 3.16. The lowest BCUT2D eigenvalue weighted by Crippen LogP contribution is -2.46. The van der Waals surface area contributed by atoms with E-state index in [2.05, 4.69) is 43.0 Å². The van der Waals surface area contributed by atoms with Crippen molar-refractivity contribution in [3.8, 4) is 11.3 Å². The molecule has 3 N–H and O–H groups in total. The topological polar surface area (TPSA) is 119 Å². The van der Waals surface area contributed by atoms with Gasteiger partial charge in [-0.1, -0.05) is 6.92 Å². The van der Waals surface area contributed by atoms with Gasteiger partial charge in [-0.2, -0.15) is 5.10 Å². The number of aryl methyl sites for hydroxylation is 1. The van der Waals surface area contributed by atoms with Gasteiger partial charge >= 0.3 is 0 Å². The number of nitrogens with two attached hydrogens (primary N) is 1. The quantitative estimate of drug-likeness (QED) is 0.684. The minimum Gasteiger partial charge on any atom is -0.384 e. The highest BCUT2D eigenvalue weighted by Crippen LogP contribution is 2.36. The molecule has 0 saturated carbocycles. The lowest BCUT2D eigenvalue weighted by atomic mass is 9.82. The van der Waals surface area contributed by atoms with Crippen LogP contribution >= 0.6 is 0 Å². The van der Waals surface area contributed by atoms with E-state index in [9.17, 15) is 4.79 Å².